The van der Waals surface area contributed by atoms with Gasteiger partial charge in [-0.1, -0.05) is 41.9 Å². The molecule has 1 aromatic heterocycles. The van der Waals surface area contributed by atoms with Crippen LogP contribution in [0.4, 0.5) is 5.69 Å². The Morgan fingerprint density at radius 2 is 1.87 bits per heavy atom. The number of nitrogens with one attached hydrogen (secondary N) is 1. The van der Waals surface area contributed by atoms with Gasteiger partial charge in [-0.25, -0.2) is 5.21 Å². The van der Waals surface area contributed by atoms with Crippen LogP contribution in [0.15, 0.2) is 72.8 Å². The molecule has 4 N–H and O–H groups in total. The molecule has 0 spiro atoms. The highest BCUT2D eigenvalue weighted by atomic mass is 35.5. The van der Waals surface area contributed by atoms with Crippen LogP contribution < -0.4 is 10.2 Å². The van der Waals surface area contributed by atoms with E-state index in [1.165, 1.54) is 5.56 Å². The van der Waals surface area contributed by atoms with Crippen LogP contribution in [0.25, 0.3) is 10.9 Å². The van der Waals surface area contributed by atoms with E-state index in [2.05, 4.69) is 9.88 Å². The van der Waals surface area contributed by atoms with Gasteiger partial charge in [0.15, 0.2) is 5.69 Å². The van der Waals surface area contributed by atoms with Gasteiger partial charge in [-0.15, -0.1) is 0 Å². The Morgan fingerprint density at radius 1 is 1.10 bits per heavy atom. The Morgan fingerprint density at radius 3 is 2.61 bits per heavy atom. The molecule has 0 radical (unpaired) electrons. The first-order valence-corrected chi connectivity index (χ1v) is 10.8. The molecule has 5 nitrogen and oxygen atoms in total. The summed E-state index contributed by atoms with van der Waals surface area (Å²) in [6, 6.07) is 23.2. The zero-order chi connectivity index (χ0) is 21.4. The molecule has 1 atom stereocenters. The van der Waals surface area contributed by atoms with Crippen LogP contribution in [0.2, 0.25) is 5.02 Å². The number of hydrogen-bond acceptors (Lipinski definition) is 3. The summed E-state index contributed by atoms with van der Waals surface area (Å²) in [6.07, 6.45) is 0.826. The number of H-pyrrole nitrogens is 1. The molecule has 4 aromatic rings. The van der Waals surface area contributed by atoms with E-state index in [4.69, 9.17) is 28.6 Å². The van der Waals surface area contributed by atoms with E-state index in [9.17, 15) is 5.21 Å². The lowest BCUT2D eigenvalue weighted by Crippen LogP contribution is -2.73. The second-order valence-corrected chi connectivity index (χ2v) is 8.32. The number of halogens is 1. The van der Waals surface area contributed by atoms with Crippen molar-refractivity contribution in [3.8, 4) is 5.75 Å². The molecule has 0 saturated heterocycles. The molecule has 156 valence electrons. The topological polar surface area (TPSA) is 65.1 Å². The Labute approximate surface area is 190 Å². The van der Waals surface area contributed by atoms with Gasteiger partial charge in [0, 0.05) is 40.3 Å². The molecular weight excluding hydrogens is 430 g/mol. The summed E-state index contributed by atoms with van der Waals surface area (Å²) in [4.78, 5) is 5.71. The van der Waals surface area contributed by atoms with Crippen molar-refractivity contribution in [1.82, 2.24) is 9.88 Å². The molecule has 0 saturated carbocycles. The molecule has 0 bridgehead atoms. The molecule has 1 aliphatic rings. The van der Waals surface area contributed by atoms with Crippen molar-refractivity contribution in [2.75, 3.05) is 6.54 Å². The van der Waals surface area contributed by atoms with Gasteiger partial charge in [0.05, 0.1) is 6.04 Å². The molecule has 0 amide bonds. The fraction of sp³-hybridized carbons (Fsp3) is 0.125. The zero-order valence-electron chi connectivity index (χ0n) is 16.6. The van der Waals surface area contributed by atoms with E-state index in [0.717, 1.165) is 51.3 Å². The van der Waals surface area contributed by atoms with Gasteiger partial charge in [-0.2, -0.15) is 5.48 Å². The molecule has 3 aromatic carbocycles. The monoisotopic (exact) mass is 450 g/mol. The predicted octanol–water partition coefficient (Wildman–Crippen LogP) is 4.72. The van der Waals surface area contributed by atoms with E-state index >= 15 is 0 Å². The summed E-state index contributed by atoms with van der Waals surface area (Å²) in [7, 11) is 0. The van der Waals surface area contributed by atoms with Gasteiger partial charge in [-0.05, 0) is 60.1 Å². The molecule has 0 fully saturated rings. The van der Waals surface area contributed by atoms with Gasteiger partial charge in [0.1, 0.15) is 5.75 Å². The first kappa shape index (κ1) is 20.0. The van der Waals surface area contributed by atoms with Crippen LogP contribution in [-0.2, 0) is 6.42 Å². The molecule has 5 rings (SSSR count). The average molecular weight is 451 g/mol. The number of quaternary nitrogens is 1. The number of nitrogens with zero attached hydrogens (tertiary/aromatic N) is 1. The molecule has 1 aliphatic heterocycles. The van der Waals surface area contributed by atoms with Crippen LogP contribution in [0.1, 0.15) is 22.9 Å². The van der Waals surface area contributed by atoms with Crippen LogP contribution in [0, 0.1) is 0 Å². The summed E-state index contributed by atoms with van der Waals surface area (Å²) in [5.41, 5.74) is 6.29. The Kier molecular flexibility index (Phi) is 5.38. The van der Waals surface area contributed by atoms with E-state index < -0.39 is 0 Å². The third-order valence-electron chi connectivity index (χ3n) is 5.67. The number of fused-ring (bicyclic) bond motifs is 3. The number of rotatable bonds is 3. The van der Waals surface area contributed by atoms with Crippen molar-refractivity contribution in [2.45, 2.75) is 12.5 Å². The van der Waals surface area contributed by atoms with Crippen molar-refractivity contribution < 1.29 is 15.4 Å². The summed E-state index contributed by atoms with van der Waals surface area (Å²) in [6.45, 7) is 0.719. The Balaban J connectivity index is 1.59. The van der Waals surface area contributed by atoms with Crippen molar-refractivity contribution in [3.63, 3.8) is 0 Å². The van der Waals surface area contributed by atoms with Gasteiger partial charge < -0.3 is 14.6 Å². The minimum Gasteiger partial charge on any atom is -0.432 e. The largest absolute Gasteiger partial charge is 0.432 e. The molecule has 31 heavy (non-hydrogen) atoms. The van der Waals surface area contributed by atoms with E-state index in [-0.39, 0.29) is 6.04 Å². The van der Waals surface area contributed by atoms with Gasteiger partial charge in [0.2, 0.25) is 0 Å². The van der Waals surface area contributed by atoms with Crippen molar-refractivity contribution >= 4 is 45.6 Å². The van der Waals surface area contributed by atoms with E-state index in [1.807, 2.05) is 72.8 Å². The van der Waals surface area contributed by atoms with Gasteiger partial charge in [0.25, 0.3) is 5.17 Å². The van der Waals surface area contributed by atoms with Crippen LogP contribution >= 0.6 is 23.8 Å². The standard InChI is InChI=1S/C24H20ClN3O2S/c25-16-8-11-21-20(14-16)19-12-13-28(24(31)30-18-4-2-1-3-5-18)23(22(19)26-21)15-6-9-17(27-29)10-7-15/h1-11,14,23,26-27,29H,12-13H2/p+1. The summed E-state index contributed by atoms with van der Waals surface area (Å²) >= 11 is 12.0. The smallest absolute Gasteiger partial charge is 0.265 e. The highest BCUT2D eigenvalue weighted by Crippen LogP contribution is 2.39. The molecule has 2 heterocycles. The van der Waals surface area contributed by atoms with Crippen molar-refractivity contribution in [3.05, 3.63) is 94.6 Å². The third-order valence-corrected chi connectivity index (χ3v) is 6.23. The number of nitrogens with two attached hydrogens (primary N) is 1. The second kappa shape index (κ2) is 8.32. The van der Waals surface area contributed by atoms with Crippen LogP contribution in [0.5, 0.6) is 5.75 Å². The van der Waals surface area contributed by atoms with E-state index in [1.54, 1.807) is 0 Å². The normalized spacial score (nSPS) is 15.7. The van der Waals surface area contributed by atoms with Crippen LogP contribution in [-0.4, -0.2) is 26.8 Å². The second-order valence-electron chi connectivity index (χ2n) is 7.53. The van der Waals surface area contributed by atoms with Crippen molar-refractivity contribution in [1.29, 1.82) is 0 Å². The number of aromatic amines is 1. The maximum Gasteiger partial charge on any atom is 0.265 e. The number of hydrogen-bond donors (Lipinski definition) is 3. The number of thiocarbonyl (C=S) groups is 1. The SMILES string of the molecule is O[NH2+]c1ccc(C2c3[nH]c4ccc(Cl)cc4c3CCN2C(=S)Oc2ccccc2)cc1. The quantitative estimate of drug-likeness (QED) is 0.240. The number of benzene rings is 3. The minimum atomic E-state index is -0.140. The summed E-state index contributed by atoms with van der Waals surface area (Å²) in [5, 5.41) is 11.6. The van der Waals surface area contributed by atoms with E-state index in [0.29, 0.717) is 10.9 Å². The highest BCUT2D eigenvalue weighted by Gasteiger charge is 2.34. The maximum absolute atomic E-state index is 9.33. The fourth-order valence-corrected chi connectivity index (χ4v) is 4.68. The van der Waals surface area contributed by atoms with Gasteiger partial charge >= 0.3 is 0 Å². The average Bonchev–Trinajstić information content (AvgIpc) is 3.17. The van der Waals surface area contributed by atoms with Crippen molar-refractivity contribution in [2.24, 2.45) is 0 Å². The number of ether oxygens (including phenoxy) is 1. The lowest BCUT2D eigenvalue weighted by Gasteiger charge is -2.37. The third kappa shape index (κ3) is 3.79. The molecular formula is C24H21ClN3O2S+. The fourth-order valence-electron chi connectivity index (χ4n) is 4.22. The highest BCUT2D eigenvalue weighted by molar-refractivity contribution is 7.80. The molecule has 0 aliphatic carbocycles. The van der Waals surface area contributed by atoms with Gasteiger partial charge in [-0.3, -0.25) is 0 Å². The predicted molar refractivity (Wildman–Crippen MR) is 125 cm³/mol. The molecule has 1 unspecified atom stereocenters. The lowest BCUT2D eigenvalue weighted by molar-refractivity contribution is -0.825. The summed E-state index contributed by atoms with van der Waals surface area (Å²) in [5.74, 6) is 0.714. The minimum absolute atomic E-state index is 0.140. The zero-order valence-corrected chi connectivity index (χ0v) is 18.2. The molecule has 7 heteroatoms. The Hall–Kier alpha value is -2.90. The first-order chi connectivity index (χ1) is 15.1. The maximum atomic E-state index is 9.33. The van der Waals surface area contributed by atoms with Crippen LogP contribution in [0.3, 0.4) is 0 Å². The lowest BCUT2D eigenvalue weighted by atomic mass is 9.92. The summed E-state index contributed by atoms with van der Waals surface area (Å²) < 4.78 is 6.03. The number of para-hydroxylation sites is 1. The number of aromatic nitrogens is 1. The first-order valence-electron chi connectivity index (χ1n) is 10.0. The Bertz CT molecular complexity index is 1240.